The van der Waals surface area contributed by atoms with Crippen LogP contribution >= 0.6 is 11.3 Å². The highest BCUT2D eigenvalue weighted by Gasteiger charge is 2.10. The summed E-state index contributed by atoms with van der Waals surface area (Å²) >= 11 is 1.72. The second-order valence-electron chi connectivity index (χ2n) is 5.12. The van der Waals surface area contributed by atoms with Gasteiger partial charge in [0.25, 0.3) is 0 Å². The van der Waals surface area contributed by atoms with E-state index in [0.717, 1.165) is 28.5 Å². The normalized spacial score (nSPS) is 10.9. The molecule has 3 rings (SSSR count). The monoisotopic (exact) mass is 299 g/mol. The molecule has 3 nitrogen and oxygen atoms in total. The van der Waals surface area contributed by atoms with Crippen LogP contribution in [0.5, 0.6) is 0 Å². The van der Waals surface area contributed by atoms with Crippen molar-refractivity contribution in [3.05, 3.63) is 58.0 Å². The van der Waals surface area contributed by atoms with Crippen LogP contribution in [0.2, 0.25) is 0 Å². The maximum absolute atomic E-state index is 12.0. The summed E-state index contributed by atoms with van der Waals surface area (Å²) < 4.78 is 5.52. The Hall–Kier alpha value is -2.07. The van der Waals surface area contributed by atoms with Crippen LogP contribution in [-0.2, 0) is 17.6 Å². The van der Waals surface area contributed by atoms with Gasteiger partial charge in [0.1, 0.15) is 5.58 Å². The summed E-state index contributed by atoms with van der Waals surface area (Å²) in [5.41, 5.74) is 2.94. The average Bonchev–Trinajstić information content (AvgIpc) is 3.09. The van der Waals surface area contributed by atoms with Gasteiger partial charge in [0, 0.05) is 22.4 Å². The zero-order valence-corrected chi connectivity index (χ0v) is 12.7. The predicted octanol–water partition coefficient (Wildman–Crippen LogP) is 3.70. The SMILES string of the molecule is Cc1ccc2c(CC(=O)NCCc3cccs3)coc2c1. The molecule has 0 aliphatic rings. The first-order chi connectivity index (χ1) is 10.2. The third-order valence-electron chi connectivity index (χ3n) is 3.44. The molecule has 4 heteroatoms. The summed E-state index contributed by atoms with van der Waals surface area (Å²) in [6, 6.07) is 10.2. The fraction of sp³-hybridized carbons (Fsp3) is 0.235. The van der Waals surface area contributed by atoms with Gasteiger partial charge in [-0.05, 0) is 36.4 Å². The lowest BCUT2D eigenvalue weighted by Gasteiger charge is -2.03. The van der Waals surface area contributed by atoms with Gasteiger partial charge >= 0.3 is 0 Å². The minimum atomic E-state index is 0.0369. The van der Waals surface area contributed by atoms with Crippen molar-refractivity contribution in [1.29, 1.82) is 0 Å². The number of furan rings is 1. The van der Waals surface area contributed by atoms with Crippen LogP contribution < -0.4 is 5.32 Å². The van der Waals surface area contributed by atoms with Gasteiger partial charge in [-0.25, -0.2) is 0 Å². The number of nitrogens with one attached hydrogen (secondary N) is 1. The number of thiophene rings is 1. The van der Waals surface area contributed by atoms with Crippen LogP contribution in [0, 0.1) is 6.92 Å². The summed E-state index contributed by atoms with van der Waals surface area (Å²) in [5, 5.41) is 6.04. The standard InChI is InChI=1S/C17H17NO2S/c1-12-4-5-15-13(11-20-16(15)9-12)10-17(19)18-7-6-14-3-2-8-21-14/h2-5,8-9,11H,6-7,10H2,1H3,(H,18,19). The second kappa shape index (κ2) is 6.14. The molecule has 0 saturated carbocycles. The summed E-state index contributed by atoms with van der Waals surface area (Å²) in [6.45, 7) is 2.70. The molecular weight excluding hydrogens is 282 g/mol. The quantitative estimate of drug-likeness (QED) is 0.780. The smallest absolute Gasteiger partial charge is 0.224 e. The lowest BCUT2D eigenvalue weighted by atomic mass is 10.1. The highest BCUT2D eigenvalue weighted by Crippen LogP contribution is 2.22. The molecule has 0 unspecified atom stereocenters. The van der Waals surface area contributed by atoms with Crippen molar-refractivity contribution in [3.8, 4) is 0 Å². The lowest BCUT2D eigenvalue weighted by molar-refractivity contribution is -0.120. The fourth-order valence-corrected chi connectivity index (χ4v) is 3.05. The molecule has 0 aliphatic carbocycles. The molecule has 1 amide bonds. The molecule has 2 aromatic heterocycles. The Morgan fingerprint density at radius 3 is 3.05 bits per heavy atom. The van der Waals surface area contributed by atoms with Crippen molar-refractivity contribution >= 4 is 28.2 Å². The molecule has 0 radical (unpaired) electrons. The number of carbonyl (C=O) groups is 1. The van der Waals surface area contributed by atoms with Crippen molar-refractivity contribution in [3.63, 3.8) is 0 Å². The summed E-state index contributed by atoms with van der Waals surface area (Å²) in [4.78, 5) is 13.3. The third kappa shape index (κ3) is 3.34. The van der Waals surface area contributed by atoms with E-state index in [9.17, 15) is 4.79 Å². The van der Waals surface area contributed by atoms with E-state index in [2.05, 4.69) is 16.8 Å². The van der Waals surface area contributed by atoms with Gasteiger partial charge in [0.15, 0.2) is 0 Å². The number of hydrogen-bond donors (Lipinski definition) is 1. The number of rotatable bonds is 5. The number of fused-ring (bicyclic) bond motifs is 1. The molecule has 2 heterocycles. The number of hydrogen-bond acceptors (Lipinski definition) is 3. The first-order valence-electron chi connectivity index (χ1n) is 6.98. The topological polar surface area (TPSA) is 42.2 Å². The van der Waals surface area contributed by atoms with Crippen LogP contribution in [0.25, 0.3) is 11.0 Å². The molecule has 0 bridgehead atoms. The van der Waals surface area contributed by atoms with Crippen molar-refractivity contribution in [2.75, 3.05) is 6.54 Å². The molecule has 1 aromatic carbocycles. The summed E-state index contributed by atoms with van der Waals surface area (Å²) in [6.07, 6.45) is 2.93. The van der Waals surface area contributed by atoms with Crippen molar-refractivity contribution in [1.82, 2.24) is 5.32 Å². The Morgan fingerprint density at radius 2 is 2.24 bits per heavy atom. The molecule has 1 N–H and O–H groups in total. The largest absolute Gasteiger partial charge is 0.464 e. The zero-order chi connectivity index (χ0) is 14.7. The lowest BCUT2D eigenvalue weighted by Crippen LogP contribution is -2.26. The third-order valence-corrected chi connectivity index (χ3v) is 4.37. The molecule has 0 atom stereocenters. The van der Waals surface area contributed by atoms with E-state index in [4.69, 9.17) is 4.42 Å². The second-order valence-corrected chi connectivity index (χ2v) is 6.15. The molecule has 0 aliphatic heterocycles. The Balaban J connectivity index is 1.58. The van der Waals surface area contributed by atoms with E-state index in [0.29, 0.717) is 13.0 Å². The van der Waals surface area contributed by atoms with Gasteiger partial charge in [0.2, 0.25) is 5.91 Å². The van der Waals surface area contributed by atoms with E-state index >= 15 is 0 Å². The molecule has 0 spiro atoms. The van der Waals surface area contributed by atoms with Crippen LogP contribution in [0.4, 0.5) is 0 Å². The minimum absolute atomic E-state index is 0.0369. The van der Waals surface area contributed by atoms with E-state index < -0.39 is 0 Å². The highest BCUT2D eigenvalue weighted by molar-refractivity contribution is 7.09. The summed E-state index contributed by atoms with van der Waals surface area (Å²) in [7, 11) is 0. The number of amides is 1. The Kier molecular flexibility index (Phi) is 4.06. The number of benzene rings is 1. The van der Waals surface area contributed by atoms with Crippen LogP contribution in [0.3, 0.4) is 0 Å². The first-order valence-corrected chi connectivity index (χ1v) is 7.86. The van der Waals surface area contributed by atoms with Gasteiger partial charge in [-0.2, -0.15) is 0 Å². The van der Waals surface area contributed by atoms with Gasteiger partial charge in [-0.15, -0.1) is 11.3 Å². The Bertz CT molecular complexity index is 743. The molecule has 21 heavy (non-hydrogen) atoms. The van der Waals surface area contributed by atoms with Crippen molar-refractivity contribution in [2.45, 2.75) is 19.8 Å². The zero-order valence-electron chi connectivity index (χ0n) is 11.9. The van der Waals surface area contributed by atoms with Gasteiger partial charge < -0.3 is 9.73 Å². The van der Waals surface area contributed by atoms with Crippen molar-refractivity contribution < 1.29 is 9.21 Å². The van der Waals surface area contributed by atoms with E-state index in [1.165, 1.54) is 4.88 Å². The summed E-state index contributed by atoms with van der Waals surface area (Å²) in [5.74, 6) is 0.0369. The van der Waals surface area contributed by atoms with Crippen LogP contribution in [0.15, 0.2) is 46.4 Å². The van der Waals surface area contributed by atoms with Crippen LogP contribution in [0.1, 0.15) is 16.0 Å². The number of aryl methyl sites for hydroxylation is 1. The van der Waals surface area contributed by atoms with Gasteiger partial charge in [0.05, 0.1) is 12.7 Å². The highest BCUT2D eigenvalue weighted by atomic mass is 32.1. The van der Waals surface area contributed by atoms with Gasteiger partial charge in [-0.1, -0.05) is 18.2 Å². The Labute approximate surface area is 127 Å². The predicted molar refractivity (Wildman–Crippen MR) is 85.7 cm³/mol. The molecule has 0 saturated heterocycles. The Morgan fingerprint density at radius 1 is 1.33 bits per heavy atom. The maximum atomic E-state index is 12.0. The maximum Gasteiger partial charge on any atom is 0.224 e. The molecule has 3 aromatic rings. The van der Waals surface area contributed by atoms with E-state index in [-0.39, 0.29) is 5.91 Å². The minimum Gasteiger partial charge on any atom is -0.464 e. The first kappa shape index (κ1) is 13.9. The molecule has 0 fully saturated rings. The fourth-order valence-electron chi connectivity index (χ4n) is 2.34. The number of carbonyl (C=O) groups excluding carboxylic acids is 1. The van der Waals surface area contributed by atoms with E-state index in [1.807, 2.05) is 31.2 Å². The van der Waals surface area contributed by atoms with Crippen molar-refractivity contribution in [2.24, 2.45) is 0 Å². The molecule has 108 valence electrons. The van der Waals surface area contributed by atoms with Gasteiger partial charge in [-0.3, -0.25) is 4.79 Å². The molecular formula is C17H17NO2S. The van der Waals surface area contributed by atoms with E-state index in [1.54, 1.807) is 17.6 Å². The van der Waals surface area contributed by atoms with Crippen LogP contribution in [-0.4, -0.2) is 12.5 Å². The average molecular weight is 299 g/mol.